The van der Waals surface area contributed by atoms with Crippen LogP contribution in [0.25, 0.3) is 10.8 Å². The maximum atomic E-state index is 12.8. The van der Waals surface area contributed by atoms with Gasteiger partial charge < -0.3 is 5.73 Å². The van der Waals surface area contributed by atoms with Crippen LogP contribution in [0.15, 0.2) is 47.4 Å². The molecule has 1 saturated heterocycles. The molecule has 0 spiro atoms. The van der Waals surface area contributed by atoms with Gasteiger partial charge in [-0.1, -0.05) is 36.4 Å². The molecule has 0 radical (unpaired) electrons. The minimum absolute atomic E-state index is 0. The van der Waals surface area contributed by atoms with E-state index in [1.165, 1.54) is 4.31 Å². The lowest BCUT2D eigenvalue weighted by atomic mass is 10.1. The molecule has 1 fully saturated rings. The first-order valence-corrected chi connectivity index (χ1v) is 8.26. The van der Waals surface area contributed by atoms with E-state index < -0.39 is 10.0 Å². The number of halogens is 1. The Kier molecular flexibility index (Phi) is 4.88. The van der Waals surface area contributed by atoms with Crippen LogP contribution in [0.3, 0.4) is 0 Å². The van der Waals surface area contributed by atoms with Gasteiger partial charge in [0.2, 0.25) is 10.0 Å². The highest BCUT2D eigenvalue weighted by Gasteiger charge is 2.29. The van der Waals surface area contributed by atoms with Crippen molar-refractivity contribution in [1.82, 2.24) is 4.31 Å². The van der Waals surface area contributed by atoms with Crippen molar-refractivity contribution in [2.24, 2.45) is 5.73 Å². The van der Waals surface area contributed by atoms with Crippen LogP contribution < -0.4 is 5.73 Å². The Hall–Kier alpha value is -1.14. The van der Waals surface area contributed by atoms with Crippen LogP contribution in [-0.4, -0.2) is 31.9 Å². The van der Waals surface area contributed by atoms with E-state index in [2.05, 4.69) is 0 Å². The predicted molar refractivity (Wildman–Crippen MR) is 87.2 cm³/mol. The fraction of sp³-hybridized carbons (Fsp3) is 0.333. The first kappa shape index (κ1) is 16.2. The first-order valence-electron chi connectivity index (χ1n) is 6.82. The van der Waals surface area contributed by atoms with Gasteiger partial charge >= 0.3 is 0 Å². The second-order valence-corrected chi connectivity index (χ2v) is 7.15. The molecule has 1 aliphatic rings. The second kappa shape index (κ2) is 6.32. The van der Waals surface area contributed by atoms with Crippen LogP contribution in [0.4, 0.5) is 0 Å². The van der Waals surface area contributed by atoms with Crippen molar-refractivity contribution in [3.05, 3.63) is 42.5 Å². The third-order valence-electron chi connectivity index (χ3n) is 3.79. The van der Waals surface area contributed by atoms with Gasteiger partial charge in [0.05, 0.1) is 4.90 Å². The molecule has 6 heteroatoms. The molecule has 3 rings (SSSR count). The van der Waals surface area contributed by atoms with E-state index in [0.717, 1.165) is 23.6 Å². The van der Waals surface area contributed by atoms with Crippen LogP contribution in [0.5, 0.6) is 0 Å². The largest absolute Gasteiger partial charge is 0.327 e. The van der Waals surface area contributed by atoms with Gasteiger partial charge in [0.1, 0.15) is 0 Å². The molecule has 114 valence electrons. The third-order valence-corrected chi connectivity index (χ3v) is 5.71. The molecule has 2 aromatic rings. The molecule has 0 bridgehead atoms. The molecule has 0 aromatic heterocycles. The lowest BCUT2D eigenvalue weighted by Gasteiger charge is -2.30. The summed E-state index contributed by atoms with van der Waals surface area (Å²) in [7, 11) is -3.47. The zero-order valence-electron chi connectivity index (χ0n) is 11.6. The molecule has 2 aromatic carbocycles. The van der Waals surface area contributed by atoms with Gasteiger partial charge in [-0.05, 0) is 24.3 Å². The molecular weight excluding hydrogens is 308 g/mol. The Bertz CT molecular complexity index is 728. The molecule has 1 heterocycles. The molecule has 1 unspecified atom stereocenters. The van der Waals surface area contributed by atoms with Crippen LogP contribution in [0.2, 0.25) is 0 Å². The zero-order chi connectivity index (χ0) is 14.2. The van der Waals surface area contributed by atoms with Gasteiger partial charge in [-0.25, -0.2) is 8.42 Å². The van der Waals surface area contributed by atoms with Crippen LogP contribution in [-0.2, 0) is 10.0 Å². The fourth-order valence-corrected chi connectivity index (χ4v) is 4.50. The summed E-state index contributed by atoms with van der Waals surface area (Å²) in [6, 6.07) is 12.9. The molecular formula is C15H19ClN2O2S. The van der Waals surface area contributed by atoms with E-state index in [4.69, 9.17) is 5.73 Å². The van der Waals surface area contributed by atoms with E-state index >= 15 is 0 Å². The van der Waals surface area contributed by atoms with Crippen LogP contribution in [0, 0.1) is 0 Å². The smallest absolute Gasteiger partial charge is 0.243 e. The molecule has 0 saturated carbocycles. The summed E-state index contributed by atoms with van der Waals surface area (Å²) in [5, 5.41) is 1.71. The fourth-order valence-electron chi connectivity index (χ4n) is 2.75. The maximum Gasteiger partial charge on any atom is 0.243 e. The number of fused-ring (bicyclic) bond motifs is 1. The Morgan fingerprint density at radius 2 is 1.81 bits per heavy atom. The number of nitrogens with zero attached hydrogens (tertiary/aromatic N) is 1. The van der Waals surface area contributed by atoms with E-state index in [9.17, 15) is 8.42 Å². The Balaban J connectivity index is 0.00000161. The van der Waals surface area contributed by atoms with Gasteiger partial charge in [0.25, 0.3) is 0 Å². The van der Waals surface area contributed by atoms with E-state index in [1.54, 1.807) is 12.1 Å². The summed E-state index contributed by atoms with van der Waals surface area (Å²) in [5.41, 5.74) is 5.91. The average Bonchev–Trinajstić information content (AvgIpc) is 2.46. The van der Waals surface area contributed by atoms with Gasteiger partial charge in [-0.15, -0.1) is 12.4 Å². The molecule has 0 aliphatic carbocycles. The Labute approximate surface area is 131 Å². The summed E-state index contributed by atoms with van der Waals surface area (Å²) in [5.74, 6) is 0. The number of nitrogens with two attached hydrogens (primary N) is 1. The SMILES string of the molecule is Cl.NC1CCCN(S(=O)(=O)c2cccc3ccccc23)C1. The topological polar surface area (TPSA) is 63.4 Å². The molecule has 21 heavy (non-hydrogen) atoms. The zero-order valence-corrected chi connectivity index (χ0v) is 13.2. The minimum atomic E-state index is -3.47. The predicted octanol–water partition coefficient (Wildman–Crippen LogP) is 2.37. The summed E-state index contributed by atoms with van der Waals surface area (Å²) in [6.45, 7) is 0.963. The van der Waals surface area contributed by atoms with Gasteiger partial charge in [0.15, 0.2) is 0 Å². The van der Waals surface area contributed by atoms with Gasteiger partial charge in [-0.2, -0.15) is 4.31 Å². The lowest BCUT2D eigenvalue weighted by molar-refractivity contribution is 0.316. The third kappa shape index (κ3) is 3.06. The molecule has 2 N–H and O–H groups in total. The molecule has 1 atom stereocenters. The monoisotopic (exact) mass is 326 g/mol. The maximum absolute atomic E-state index is 12.8. The molecule has 0 amide bonds. The summed E-state index contributed by atoms with van der Waals surface area (Å²) in [4.78, 5) is 0.379. The normalized spacial score (nSPS) is 20.1. The molecule has 4 nitrogen and oxygen atoms in total. The highest BCUT2D eigenvalue weighted by Crippen LogP contribution is 2.27. The summed E-state index contributed by atoms with van der Waals surface area (Å²) >= 11 is 0. The first-order chi connectivity index (χ1) is 9.59. The summed E-state index contributed by atoms with van der Waals surface area (Å²) in [6.07, 6.45) is 1.72. The number of sulfonamides is 1. The highest BCUT2D eigenvalue weighted by atomic mass is 35.5. The Morgan fingerprint density at radius 3 is 2.57 bits per heavy atom. The van der Waals surface area contributed by atoms with Crippen molar-refractivity contribution < 1.29 is 8.42 Å². The van der Waals surface area contributed by atoms with Crippen molar-refractivity contribution in [1.29, 1.82) is 0 Å². The average molecular weight is 327 g/mol. The van der Waals surface area contributed by atoms with E-state index in [-0.39, 0.29) is 18.4 Å². The Morgan fingerprint density at radius 1 is 1.10 bits per heavy atom. The molecule has 1 aliphatic heterocycles. The number of hydrogen-bond donors (Lipinski definition) is 1. The highest BCUT2D eigenvalue weighted by molar-refractivity contribution is 7.89. The summed E-state index contributed by atoms with van der Waals surface area (Å²) < 4.78 is 27.2. The second-order valence-electron chi connectivity index (χ2n) is 5.24. The standard InChI is InChI=1S/C15H18N2O2S.ClH/c16-13-7-4-10-17(11-13)20(18,19)15-9-3-6-12-5-1-2-8-14(12)15;/h1-3,5-6,8-9,13H,4,7,10-11,16H2;1H. The van der Waals surface area contributed by atoms with Crippen molar-refractivity contribution >= 4 is 33.2 Å². The van der Waals surface area contributed by atoms with Crippen molar-refractivity contribution in [3.8, 4) is 0 Å². The number of hydrogen-bond acceptors (Lipinski definition) is 3. The lowest BCUT2D eigenvalue weighted by Crippen LogP contribution is -2.45. The van der Waals surface area contributed by atoms with Gasteiger partial charge in [0, 0.05) is 24.5 Å². The van der Waals surface area contributed by atoms with Crippen LogP contribution >= 0.6 is 12.4 Å². The van der Waals surface area contributed by atoms with E-state index in [1.807, 2.05) is 30.3 Å². The van der Waals surface area contributed by atoms with Crippen molar-refractivity contribution in [2.45, 2.75) is 23.8 Å². The number of benzene rings is 2. The van der Waals surface area contributed by atoms with E-state index in [0.29, 0.717) is 18.0 Å². The number of piperidine rings is 1. The minimum Gasteiger partial charge on any atom is -0.327 e. The quantitative estimate of drug-likeness (QED) is 0.921. The number of rotatable bonds is 2. The van der Waals surface area contributed by atoms with Crippen LogP contribution in [0.1, 0.15) is 12.8 Å². The van der Waals surface area contributed by atoms with Crippen molar-refractivity contribution in [3.63, 3.8) is 0 Å². The van der Waals surface area contributed by atoms with Gasteiger partial charge in [-0.3, -0.25) is 0 Å². The van der Waals surface area contributed by atoms with Crippen molar-refractivity contribution in [2.75, 3.05) is 13.1 Å².